The Bertz CT molecular complexity index is 842. The smallest absolute Gasteiger partial charge is 0.209 e. The van der Waals surface area contributed by atoms with Crippen molar-refractivity contribution in [2.45, 2.75) is 6.92 Å². The molecule has 106 valence electrons. The number of fused-ring (bicyclic) bond motifs is 1. The Morgan fingerprint density at radius 2 is 2.14 bits per heavy atom. The van der Waals surface area contributed by atoms with Crippen molar-refractivity contribution in [3.8, 4) is 17.0 Å². The Morgan fingerprint density at radius 1 is 1.33 bits per heavy atom. The number of hydrogen-bond donors (Lipinski definition) is 0. The van der Waals surface area contributed by atoms with E-state index in [1.807, 2.05) is 19.1 Å². The van der Waals surface area contributed by atoms with Gasteiger partial charge in [0.25, 0.3) is 0 Å². The molecule has 5 nitrogen and oxygen atoms in total. The molecule has 0 radical (unpaired) electrons. The van der Waals surface area contributed by atoms with Gasteiger partial charge in [-0.1, -0.05) is 17.7 Å². The largest absolute Gasteiger partial charge is 0.496 e. The number of aromatic nitrogens is 2. The maximum atomic E-state index is 11.3. The minimum absolute atomic E-state index is 0.231. The van der Waals surface area contributed by atoms with Crippen LogP contribution in [0.4, 0.5) is 5.82 Å². The molecule has 0 saturated heterocycles. The number of methoxy groups -OCH3 is 1. The van der Waals surface area contributed by atoms with Crippen LogP contribution < -0.4 is 4.74 Å². The molecule has 2 heterocycles. The molecule has 3 aromatic rings. The first-order chi connectivity index (χ1) is 10.2. The summed E-state index contributed by atoms with van der Waals surface area (Å²) < 4.78 is 6.99. The average Bonchev–Trinajstić information content (AvgIpc) is 2.87. The lowest BCUT2D eigenvalue weighted by atomic mass is 10.1. The molecule has 21 heavy (non-hydrogen) atoms. The van der Waals surface area contributed by atoms with Crippen LogP contribution in [0.15, 0.2) is 41.7 Å². The van der Waals surface area contributed by atoms with E-state index in [1.165, 1.54) is 0 Å². The summed E-state index contributed by atoms with van der Waals surface area (Å²) in [5.41, 5.74) is 2.74. The lowest BCUT2D eigenvalue weighted by Gasteiger charge is -2.06. The first-order valence-electron chi connectivity index (χ1n) is 6.30. The fourth-order valence-corrected chi connectivity index (χ4v) is 2.50. The molecule has 0 N–H and O–H groups in total. The van der Waals surface area contributed by atoms with Gasteiger partial charge in [-0.05, 0) is 41.9 Å². The summed E-state index contributed by atoms with van der Waals surface area (Å²) in [5, 5.41) is 3.67. The van der Waals surface area contributed by atoms with Crippen LogP contribution in [0.2, 0.25) is 5.02 Å². The average molecular weight is 302 g/mol. The van der Waals surface area contributed by atoms with Gasteiger partial charge in [0.2, 0.25) is 5.82 Å². The number of nitrogens with zero attached hydrogens (tertiary/aromatic N) is 3. The van der Waals surface area contributed by atoms with Gasteiger partial charge in [0.05, 0.1) is 7.11 Å². The summed E-state index contributed by atoms with van der Waals surface area (Å²) in [4.78, 5) is 15.8. The van der Waals surface area contributed by atoms with Crippen LogP contribution in [-0.4, -0.2) is 16.5 Å². The highest BCUT2D eigenvalue weighted by Crippen LogP contribution is 2.38. The number of rotatable bonds is 3. The third-order valence-corrected chi connectivity index (χ3v) is 3.56. The summed E-state index contributed by atoms with van der Waals surface area (Å²) in [6.45, 7) is 1.93. The first kappa shape index (κ1) is 13.6. The second-order valence-corrected chi connectivity index (χ2v) is 5.04. The van der Waals surface area contributed by atoms with Crippen LogP contribution in [0.3, 0.4) is 0 Å². The molecule has 0 atom stereocenters. The Morgan fingerprint density at radius 3 is 2.86 bits per heavy atom. The Labute approximate surface area is 126 Å². The van der Waals surface area contributed by atoms with Crippen molar-refractivity contribution < 1.29 is 4.74 Å². The molecule has 0 aliphatic carbocycles. The molecule has 2 aromatic heterocycles. The van der Waals surface area contributed by atoms with Crippen LogP contribution in [-0.2, 0) is 0 Å². The molecule has 1 aromatic carbocycles. The minimum atomic E-state index is 0.231. The molecule has 0 spiro atoms. The molecule has 0 aliphatic rings. The van der Waals surface area contributed by atoms with Gasteiger partial charge >= 0.3 is 0 Å². The number of aryl methyl sites for hydroxylation is 1. The van der Waals surface area contributed by atoms with E-state index in [4.69, 9.17) is 16.3 Å². The third-order valence-electron chi connectivity index (χ3n) is 3.32. The van der Waals surface area contributed by atoms with Crippen LogP contribution >= 0.6 is 11.6 Å². The van der Waals surface area contributed by atoms with Crippen LogP contribution in [0.25, 0.3) is 16.9 Å². The van der Waals surface area contributed by atoms with Crippen LogP contribution in [0.5, 0.6) is 5.75 Å². The molecule has 6 heteroatoms. The number of benzene rings is 1. The zero-order chi connectivity index (χ0) is 15.0. The van der Waals surface area contributed by atoms with E-state index in [1.54, 1.807) is 35.9 Å². The monoisotopic (exact) mass is 301 g/mol. The minimum Gasteiger partial charge on any atom is -0.496 e. The summed E-state index contributed by atoms with van der Waals surface area (Å²) in [7, 11) is 1.56. The second-order valence-electron chi connectivity index (χ2n) is 4.60. The highest BCUT2D eigenvalue weighted by molar-refractivity contribution is 6.31. The van der Waals surface area contributed by atoms with Crippen LogP contribution in [0.1, 0.15) is 5.56 Å². The number of nitroso groups, excluding NO2 is 1. The van der Waals surface area contributed by atoms with Gasteiger partial charge in [0.15, 0.2) is 0 Å². The van der Waals surface area contributed by atoms with Crippen molar-refractivity contribution in [3.63, 3.8) is 0 Å². The highest BCUT2D eigenvalue weighted by Gasteiger charge is 2.19. The molecular weight excluding hydrogens is 290 g/mol. The van der Waals surface area contributed by atoms with E-state index in [0.29, 0.717) is 27.7 Å². The van der Waals surface area contributed by atoms with E-state index >= 15 is 0 Å². The van der Waals surface area contributed by atoms with E-state index in [-0.39, 0.29) is 5.82 Å². The van der Waals surface area contributed by atoms with Gasteiger partial charge in [-0.25, -0.2) is 4.98 Å². The van der Waals surface area contributed by atoms with Crippen molar-refractivity contribution in [3.05, 3.63) is 52.0 Å². The van der Waals surface area contributed by atoms with Gasteiger partial charge in [0, 0.05) is 16.8 Å². The van der Waals surface area contributed by atoms with Crippen molar-refractivity contribution in [2.24, 2.45) is 5.18 Å². The van der Waals surface area contributed by atoms with E-state index < -0.39 is 0 Å². The standard InChI is InChI=1S/C15H12ClN3O2/c1-9-4-3-7-19-14(9)17-13(15(19)18-20)11-8-10(16)5-6-12(11)21-2/h3-8H,1-2H3. The highest BCUT2D eigenvalue weighted by atomic mass is 35.5. The fourth-order valence-electron chi connectivity index (χ4n) is 2.32. The molecule has 0 unspecified atom stereocenters. The van der Waals surface area contributed by atoms with Crippen molar-refractivity contribution in [1.29, 1.82) is 0 Å². The Hall–Kier alpha value is -2.40. The summed E-state index contributed by atoms with van der Waals surface area (Å²) in [5.74, 6) is 0.819. The quantitative estimate of drug-likeness (QED) is 0.675. The lowest BCUT2D eigenvalue weighted by Crippen LogP contribution is -1.88. The van der Waals surface area contributed by atoms with Gasteiger partial charge in [-0.15, -0.1) is 4.91 Å². The molecule has 0 amide bonds. The number of pyridine rings is 1. The Balaban J connectivity index is 2.37. The van der Waals surface area contributed by atoms with Crippen molar-refractivity contribution in [2.75, 3.05) is 7.11 Å². The lowest BCUT2D eigenvalue weighted by molar-refractivity contribution is 0.416. The zero-order valence-corrected chi connectivity index (χ0v) is 12.3. The van der Waals surface area contributed by atoms with Gasteiger partial charge in [-0.3, -0.25) is 4.40 Å². The SMILES string of the molecule is COc1ccc(Cl)cc1-c1nc2c(C)cccn2c1N=O. The fraction of sp³-hybridized carbons (Fsp3) is 0.133. The van der Waals surface area contributed by atoms with Gasteiger partial charge in [-0.2, -0.15) is 0 Å². The molecule has 0 fully saturated rings. The number of hydrogen-bond acceptors (Lipinski definition) is 4. The summed E-state index contributed by atoms with van der Waals surface area (Å²) in [6, 6.07) is 8.95. The predicted molar refractivity (Wildman–Crippen MR) is 82.4 cm³/mol. The molecule has 0 bridgehead atoms. The maximum Gasteiger partial charge on any atom is 0.209 e. The van der Waals surface area contributed by atoms with Gasteiger partial charge < -0.3 is 4.74 Å². The Kier molecular flexibility index (Phi) is 3.35. The number of ether oxygens (including phenoxy) is 1. The van der Waals surface area contributed by atoms with Crippen LogP contribution in [0, 0.1) is 11.8 Å². The maximum absolute atomic E-state index is 11.3. The molecule has 3 rings (SSSR count). The summed E-state index contributed by atoms with van der Waals surface area (Å²) in [6.07, 6.45) is 1.76. The molecule has 0 saturated carbocycles. The molecule has 0 aliphatic heterocycles. The normalized spacial score (nSPS) is 10.8. The second kappa shape index (κ2) is 5.18. The number of halogens is 1. The summed E-state index contributed by atoms with van der Waals surface area (Å²) >= 11 is 6.05. The van der Waals surface area contributed by atoms with Crippen molar-refractivity contribution in [1.82, 2.24) is 9.38 Å². The molecular formula is C15H12ClN3O2. The van der Waals surface area contributed by atoms with E-state index in [0.717, 1.165) is 5.56 Å². The van der Waals surface area contributed by atoms with E-state index in [2.05, 4.69) is 10.2 Å². The van der Waals surface area contributed by atoms with Crippen molar-refractivity contribution >= 4 is 23.1 Å². The predicted octanol–water partition coefficient (Wildman–Crippen LogP) is 4.37. The topological polar surface area (TPSA) is 56.0 Å². The third kappa shape index (κ3) is 2.15. The van der Waals surface area contributed by atoms with E-state index in [9.17, 15) is 4.91 Å². The number of imidazole rings is 1. The first-order valence-corrected chi connectivity index (χ1v) is 6.68. The zero-order valence-electron chi connectivity index (χ0n) is 11.5. The van der Waals surface area contributed by atoms with Gasteiger partial charge in [0.1, 0.15) is 17.1 Å².